The molecule has 0 bridgehead atoms. The van der Waals surface area contributed by atoms with E-state index in [-0.39, 0.29) is 24.8 Å². The molecule has 146 valence electrons. The van der Waals surface area contributed by atoms with Crippen LogP contribution in [0.5, 0.6) is 17.2 Å². The second kappa shape index (κ2) is 9.18. The lowest BCUT2D eigenvalue weighted by molar-refractivity contribution is 0.0942. The number of carbonyl (C=O) groups is 1. The van der Waals surface area contributed by atoms with Crippen LogP contribution in [0.15, 0.2) is 47.8 Å². The number of amides is 1. The Kier molecular flexibility index (Phi) is 6.44. The quantitative estimate of drug-likeness (QED) is 0.581. The minimum Gasteiger partial charge on any atom is -0.493 e. The second-order valence-corrected chi connectivity index (χ2v) is 6.50. The van der Waals surface area contributed by atoms with Gasteiger partial charge in [-0.3, -0.25) is 4.79 Å². The number of carbonyl (C=O) groups excluding carboxylic acids is 1. The van der Waals surface area contributed by atoms with Crippen LogP contribution in [0.25, 0.3) is 10.6 Å². The fraction of sp³-hybridized carbons (Fsp3) is 0.200. The van der Waals surface area contributed by atoms with Crippen LogP contribution < -0.4 is 19.5 Å². The molecule has 0 aliphatic carbocycles. The van der Waals surface area contributed by atoms with Gasteiger partial charge in [0.25, 0.3) is 5.91 Å². The molecule has 3 aromatic rings. The van der Waals surface area contributed by atoms with Gasteiger partial charge in [-0.2, -0.15) is 0 Å². The first kappa shape index (κ1) is 19.6. The van der Waals surface area contributed by atoms with E-state index in [1.807, 2.05) is 12.1 Å². The summed E-state index contributed by atoms with van der Waals surface area (Å²) < 4.78 is 29.3. The van der Waals surface area contributed by atoms with Crippen LogP contribution in [0.2, 0.25) is 0 Å². The van der Waals surface area contributed by atoms with Crippen LogP contribution in [0.4, 0.5) is 4.39 Å². The molecule has 0 aliphatic rings. The van der Waals surface area contributed by atoms with Gasteiger partial charge in [-0.15, -0.1) is 11.3 Å². The molecule has 8 heteroatoms. The second-order valence-electron chi connectivity index (χ2n) is 5.64. The van der Waals surface area contributed by atoms with E-state index in [4.69, 9.17) is 14.2 Å². The van der Waals surface area contributed by atoms with Crippen LogP contribution >= 0.6 is 11.3 Å². The van der Waals surface area contributed by atoms with Gasteiger partial charge < -0.3 is 19.5 Å². The number of para-hydroxylation sites is 1. The van der Waals surface area contributed by atoms with Crippen molar-refractivity contribution in [2.75, 3.05) is 27.4 Å². The SMILES string of the molecule is COc1ccc(-c2nc(C(=O)NCCOc3ccccc3F)cs2)cc1OC. The highest BCUT2D eigenvalue weighted by Crippen LogP contribution is 2.33. The summed E-state index contributed by atoms with van der Waals surface area (Å²) in [5.74, 6) is 0.608. The summed E-state index contributed by atoms with van der Waals surface area (Å²) in [5, 5.41) is 5.08. The fourth-order valence-corrected chi connectivity index (χ4v) is 3.25. The lowest BCUT2D eigenvalue weighted by Crippen LogP contribution is -2.28. The molecular weight excluding hydrogens is 383 g/mol. The number of hydrogen-bond donors (Lipinski definition) is 1. The highest BCUT2D eigenvalue weighted by molar-refractivity contribution is 7.13. The summed E-state index contributed by atoms with van der Waals surface area (Å²) in [5.41, 5.74) is 1.13. The molecule has 1 aromatic heterocycles. The summed E-state index contributed by atoms with van der Waals surface area (Å²) >= 11 is 1.35. The summed E-state index contributed by atoms with van der Waals surface area (Å²) in [6.45, 7) is 0.385. The van der Waals surface area contributed by atoms with Crippen molar-refractivity contribution < 1.29 is 23.4 Å². The smallest absolute Gasteiger partial charge is 0.270 e. The molecule has 0 unspecified atom stereocenters. The lowest BCUT2D eigenvalue weighted by Gasteiger charge is -2.08. The van der Waals surface area contributed by atoms with Gasteiger partial charge in [-0.05, 0) is 30.3 Å². The summed E-state index contributed by atoms with van der Waals surface area (Å²) in [7, 11) is 3.13. The molecule has 0 saturated carbocycles. The molecule has 0 aliphatic heterocycles. The number of halogens is 1. The monoisotopic (exact) mass is 402 g/mol. The molecule has 0 radical (unpaired) electrons. The maximum atomic E-state index is 13.5. The van der Waals surface area contributed by atoms with E-state index in [9.17, 15) is 9.18 Å². The number of rotatable bonds is 8. The number of nitrogens with zero attached hydrogens (tertiary/aromatic N) is 1. The van der Waals surface area contributed by atoms with Gasteiger partial charge in [-0.25, -0.2) is 9.37 Å². The molecule has 0 atom stereocenters. The first-order chi connectivity index (χ1) is 13.6. The Balaban J connectivity index is 1.57. The van der Waals surface area contributed by atoms with Gasteiger partial charge in [0, 0.05) is 10.9 Å². The summed E-state index contributed by atoms with van der Waals surface area (Å²) in [6, 6.07) is 11.6. The van der Waals surface area contributed by atoms with E-state index < -0.39 is 5.82 Å². The highest BCUT2D eigenvalue weighted by Gasteiger charge is 2.13. The molecule has 0 spiro atoms. The van der Waals surface area contributed by atoms with E-state index in [1.165, 1.54) is 23.5 Å². The Labute approximate surface area is 165 Å². The molecule has 1 N–H and O–H groups in total. The standard InChI is InChI=1S/C20H19FN2O4S/c1-25-17-8-7-13(11-18(17)26-2)20-23-15(12-28-20)19(24)22-9-10-27-16-6-4-3-5-14(16)21/h3-8,11-12H,9-10H2,1-2H3,(H,22,24). The molecule has 3 rings (SSSR count). The zero-order chi connectivity index (χ0) is 19.9. The van der Waals surface area contributed by atoms with E-state index in [0.29, 0.717) is 22.2 Å². The normalized spacial score (nSPS) is 10.4. The zero-order valence-corrected chi connectivity index (χ0v) is 16.2. The molecule has 1 heterocycles. The van der Waals surface area contributed by atoms with Gasteiger partial charge in [0.2, 0.25) is 0 Å². The van der Waals surface area contributed by atoms with Crippen molar-refractivity contribution in [3.63, 3.8) is 0 Å². The Morgan fingerprint density at radius 3 is 2.64 bits per heavy atom. The van der Waals surface area contributed by atoms with E-state index in [1.54, 1.807) is 37.8 Å². The number of aromatic nitrogens is 1. The average Bonchev–Trinajstić information content (AvgIpc) is 3.22. The van der Waals surface area contributed by atoms with Crippen molar-refractivity contribution in [3.8, 4) is 27.8 Å². The molecule has 0 saturated heterocycles. The van der Waals surface area contributed by atoms with Crippen LogP contribution in [0, 0.1) is 5.82 Å². The number of thiazole rings is 1. The zero-order valence-electron chi connectivity index (χ0n) is 15.4. The van der Waals surface area contributed by atoms with Crippen molar-refractivity contribution >= 4 is 17.2 Å². The van der Waals surface area contributed by atoms with Crippen LogP contribution in [-0.2, 0) is 0 Å². The van der Waals surface area contributed by atoms with Crippen LogP contribution in [-0.4, -0.2) is 38.3 Å². The van der Waals surface area contributed by atoms with Gasteiger partial charge in [0.05, 0.1) is 20.8 Å². The maximum Gasteiger partial charge on any atom is 0.270 e. The number of ether oxygens (including phenoxy) is 3. The average molecular weight is 402 g/mol. The van der Waals surface area contributed by atoms with Gasteiger partial charge in [-0.1, -0.05) is 12.1 Å². The molecule has 2 aromatic carbocycles. The van der Waals surface area contributed by atoms with Crippen LogP contribution in [0.3, 0.4) is 0 Å². The van der Waals surface area contributed by atoms with Crippen molar-refractivity contribution in [1.29, 1.82) is 0 Å². The van der Waals surface area contributed by atoms with E-state index >= 15 is 0 Å². The molecule has 28 heavy (non-hydrogen) atoms. The van der Waals surface area contributed by atoms with Gasteiger partial charge in [0.15, 0.2) is 23.1 Å². The van der Waals surface area contributed by atoms with Crippen molar-refractivity contribution in [1.82, 2.24) is 10.3 Å². The third-order valence-electron chi connectivity index (χ3n) is 3.85. The van der Waals surface area contributed by atoms with Crippen molar-refractivity contribution in [3.05, 3.63) is 59.4 Å². The number of nitrogens with one attached hydrogen (secondary N) is 1. The molecule has 6 nitrogen and oxygen atoms in total. The number of hydrogen-bond acceptors (Lipinski definition) is 6. The lowest BCUT2D eigenvalue weighted by atomic mass is 10.2. The fourth-order valence-electron chi connectivity index (χ4n) is 2.46. The van der Waals surface area contributed by atoms with Gasteiger partial charge in [0.1, 0.15) is 17.3 Å². The number of methoxy groups -OCH3 is 2. The van der Waals surface area contributed by atoms with Crippen LogP contribution in [0.1, 0.15) is 10.5 Å². The van der Waals surface area contributed by atoms with Crippen molar-refractivity contribution in [2.45, 2.75) is 0 Å². The maximum absolute atomic E-state index is 13.5. The van der Waals surface area contributed by atoms with Gasteiger partial charge >= 0.3 is 0 Å². The summed E-state index contributed by atoms with van der Waals surface area (Å²) in [6.07, 6.45) is 0. The predicted octanol–water partition coefficient (Wildman–Crippen LogP) is 3.78. The first-order valence-corrected chi connectivity index (χ1v) is 9.33. The molecular formula is C20H19FN2O4S. The minimum atomic E-state index is -0.437. The molecule has 0 fully saturated rings. The first-order valence-electron chi connectivity index (χ1n) is 8.46. The number of benzene rings is 2. The third-order valence-corrected chi connectivity index (χ3v) is 4.74. The Morgan fingerprint density at radius 1 is 1.11 bits per heavy atom. The topological polar surface area (TPSA) is 69.7 Å². The Morgan fingerprint density at radius 2 is 1.89 bits per heavy atom. The van der Waals surface area contributed by atoms with E-state index in [0.717, 1.165) is 5.56 Å². The third kappa shape index (κ3) is 4.58. The molecule has 1 amide bonds. The van der Waals surface area contributed by atoms with Crippen molar-refractivity contribution in [2.24, 2.45) is 0 Å². The summed E-state index contributed by atoms with van der Waals surface area (Å²) in [4.78, 5) is 16.6. The highest BCUT2D eigenvalue weighted by atomic mass is 32.1. The Bertz CT molecular complexity index is 961. The predicted molar refractivity (Wildman–Crippen MR) is 105 cm³/mol. The largest absolute Gasteiger partial charge is 0.493 e. The minimum absolute atomic E-state index is 0.152. The Hall–Kier alpha value is -3.13. The van der Waals surface area contributed by atoms with E-state index in [2.05, 4.69) is 10.3 Å².